The molecule has 4 nitrogen and oxygen atoms in total. The van der Waals surface area contributed by atoms with Gasteiger partial charge in [0.15, 0.2) is 5.84 Å². The average Bonchev–Trinajstić information content (AvgIpc) is 3.08. The van der Waals surface area contributed by atoms with Crippen molar-refractivity contribution in [2.45, 2.75) is 6.17 Å². The van der Waals surface area contributed by atoms with Crippen molar-refractivity contribution in [2.24, 2.45) is 9.98 Å². The summed E-state index contributed by atoms with van der Waals surface area (Å²) in [6.45, 7) is 0. The van der Waals surface area contributed by atoms with Crippen LogP contribution in [-0.4, -0.2) is 11.7 Å². The molecule has 1 aliphatic rings. The number of aliphatic imine (C=N–C) groups is 2. The molecule has 6 aromatic rings. The zero-order valence-corrected chi connectivity index (χ0v) is 22.8. The van der Waals surface area contributed by atoms with Crippen LogP contribution >= 0.6 is 0 Å². The summed E-state index contributed by atoms with van der Waals surface area (Å²) in [5, 5.41) is 15.3. The second-order valence-corrected chi connectivity index (χ2v) is 10.2. The molecule has 1 atom stereocenters. The van der Waals surface area contributed by atoms with Crippen molar-refractivity contribution >= 4 is 22.4 Å². The molecule has 7 rings (SSSR count). The van der Waals surface area contributed by atoms with Crippen molar-refractivity contribution in [3.63, 3.8) is 0 Å². The fourth-order valence-corrected chi connectivity index (χ4v) is 5.51. The lowest BCUT2D eigenvalue weighted by molar-refractivity contribution is 0.681. The summed E-state index contributed by atoms with van der Waals surface area (Å²) in [5.74, 6) is 1.49. The molecule has 0 aliphatic carbocycles. The molecule has 0 fully saturated rings. The number of nitriles is 1. The van der Waals surface area contributed by atoms with E-state index in [1.807, 2.05) is 60.7 Å². The van der Waals surface area contributed by atoms with E-state index >= 15 is 0 Å². The van der Waals surface area contributed by atoms with E-state index in [1.54, 1.807) is 0 Å². The van der Waals surface area contributed by atoms with Gasteiger partial charge < -0.3 is 5.32 Å². The van der Waals surface area contributed by atoms with Gasteiger partial charge in [0, 0.05) is 16.7 Å². The van der Waals surface area contributed by atoms with Crippen LogP contribution in [0.25, 0.3) is 33.0 Å². The highest BCUT2D eigenvalue weighted by molar-refractivity contribution is 6.13. The smallest absolute Gasteiger partial charge is 0.159 e. The highest BCUT2D eigenvalue weighted by Crippen LogP contribution is 2.37. The molecular formula is C38H26N4. The van der Waals surface area contributed by atoms with Crippen molar-refractivity contribution in [3.05, 3.63) is 168 Å². The van der Waals surface area contributed by atoms with Gasteiger partial charge in [0.05, 0.1) is 11.6 Å². The lowest BCUT2D eigenvalue weighted by Crippen LogP contribution is -2.34. The molecule has 0 radical (unpaired) electrons. The Labute approximate surface area is 245 Å². The first-order chi connectivity index (χ1) is 20.8. The van der Waals surface area contributed by atoms with Crippen LogP contribution in [0.4, 0.5) is 0 Å². The molecule has 0 amide bonds. The summed E-state index contributed by atoms with van der Waals surface area (Å²) in [6.07, 6.45) is -0.360. The lowest BCUT2D eigenvalue weighted by Gasteiger charge is -2.26. The van der Waals surface area contributed by atoms with Crippen molar-refractivity contribution in [1.82, 2.24) is 5.32 Å². The summed E-state index contributed by atoms with van der Waals surface area (Å²) >= 11 is 0. The minimum Gasteiger partial charge on any atom is -0.344 e. The van der Waals surface area contributed by atoms with Gasteiger partial charge in [0.1, 0.15) is 12.0 Å². The fraction of sp³-hybridized carbons (Fsp3) is 0.0263. The molecule has 198 valence electrons. The van der Waals surface area contributed by atoms with Crippen LogP contribution in [0.3, 0.4) is 0 Å². The van der Waals surface area contributed by atoms with E-state index in [-0.39, 0.29) is 6.17 Å². The van der Waals surface area contributed by atoms with Gasteiger partial charge >= 0.3 is 0 Å². The molecule has 0 spiro atoms. The Morgan fingerprint density at radius 3 is 2.00 bits per heavy atom. The number of nitrogens with one attached hydrogen (secondary N) is 1. The van der Waals surface area contributed by atoms with Crippen LogP contribution in [0.15, 0.2) is 156 Å². The Morgan fingerprint density at radius 2 is 1.24 bits per heavy atom. The van der Waals surface area contributed by atoms with Crippen molar-refractivity contribution in [3.8, 4) is 28.3 Å². The molecule has 4 heteroatoms. The summed E-state index contributed by atoms with van der Waals surface area (Å²) in [5.41, 5.74) is 8.03. The molecule has 0 bridgehead atoms. The molecule has 1 heterocycles. The topological polar surface area (TPSA) is 60.5 Å². The van der Waals surface area contributed by atoms with Gasteiger partial charge in [0.2, 0.25) is 0 Å². The molecule has 1 N–H and O–H groups in total. The van der Waals surface area contributed by atoms with Crippen molar-refractivity contribution in [1.29, 1.82) is 5.26 Å². The number of hydrogen-bond donors (Lipinski definition) is 1. The first-order valence-corrected chi connectivity index (χ1v) is 13.9. The normalized spacial score (nSPS) is 14.4. The van der Waals surface area contributed by atoms with Gasteiger partial charge in [0.25, 0.3) is 0 Å². The van der Waals surface area contributed by atoms with Crippen molar-refractivity contribution < 1.29 is 0 Å². The number of amidine groups is 2. The molecule has 0 aromatic heterocycles. The predicted octanol–water partition coefficient (Wildman–Crippen LogP) is 8.54. The number of rotatable bonds is 5. The fourth-order valence-electron chi connectivity index (χ4n) is 5.51. The van der Waals surface area contributed by atoms with Crippen LogP contribution in [0.2, 0.25) is 0 Å². The van der Waals surface area contributed by atoms with Crippen LogP contribution < -0.4 is 5.32 Å². The number of fused-ring (bicyclic) bond motifs is 1. The molecule has 0 saturated heterocycles. The van der Waals surface area contributed by atoms with E-state index in [0.717, 1.165) is 55.6 Å². The lowest BCUT2D eigenvalue weighted by atomic mass is 9.91. The Kier molecular flexibility index (Phi) is 6.60. The van der Waals surface area contributed by atoms with E-state index in [9.17, 15) is 5.26 Å². The van der Waals surface area contributed by atoms with Gasteiger partial charge in [-0.15, -0.1) is 0 Å². The minimum atomic E-state index is -0.360. The summed E-state index contributed by atoms with van der Waals surface area (Å²) < 4.78 is 0. The number of nitrogens with zero attached hydrogens (tertiary/aromatic N) is 3. The first-order valence-electron chi connectivity index (χ1n) is 13.9. The highest BCUT2D eigenvalue weighted by Gasteiger charge is 2.25. The van der Waals surface area contributed by atoms with Gasteiger partial charge in [-0.25, -0.2) is 9.98 Å². The Bertz CT molecular complexity index is 2000. The molecule has 6 aromatic carbocycles. The molecule has 42 heavy (non-hydrogen) atoms. The van der Waals surface area contributed by atoms with Gasteiger partial charge in [-0.2, -0.15) is 5.26 Å². The van der Waals surface area contributed by atoms with E-state index in [4.69, 9.17) is 9.98 Å². The zero-order chi connectivity index (χ0) is 28.3. The SMILES string of the molecule is N#Cc1cccc(-c2ccc(-c3ccc4ccccc4c3C3N=C(c4ccccc4)N=C(c4ccccc4)N3)cc2)c1. The van der Waals surface area contributed by atoms with Gasteiger partial charge in [-0.1, -0.05) is 133 Å². The summed E-state index contributed by atoms with van der Waals surface area (Å²) in [7, 11) is 0. The third-order valence-electron chi connectivity index (χ3n) is 7.59. The van der Waals surface area contributed by atoms with Crippen LogP contribution in [0.1, 0.15) is 28.4 Å². The predicted molar refractivity (Wildman–Crippen MR) is 171 cm³/mol. The highest BCUT2D eigenvalue weighted by atomic mass is 15.2. The van der Waals surface area contributed by atoms with E-state index < -0.39 is 0 Å². The van der Waals surface area contributed by atoms with E-state index in [2.05, 4.69) is 96.3 Å². The largest absolute Gasteiger partial charge is 0.344 e. The third-order valence-corrected chi connectivity index (χ3v) is 7.59. The number of benzene rings is 6. The van der Waals surface area contributed by atoms with Crippen LogP contribution in [0, 0.1) is 11.3 Å². The first kappa shape index (κ1) is 25.2. The quantitative estimate of drug-likeness (QED) is 0.239. The average molecular weight is 539 g/mol. The second kappa shape index (κ2) is 11.0. The monoisotopic (exact) mass is 538 g/mol. The maximum absolute atomic E-state index is 9.35. The van der Waals surface area contributed by atoms with Crippen LogP contribution in [0.5, 0.6) is 0 Å². The van der Waals surface area contributed by atoms with Gasteiger partial charge in [-0.3, -0.25) is 0 Å². The van der Waals surface area contributed by atoms with Crippen molar-refractivity contribution in [2.75, 3.05) is 0 Å². The minimum absolute atomic E-state index is 0.360. The Hall–Kier alpha value is -5.79. The molecular weight excluding hydrogens is 512 g/mol. The Morgan fingerprint density at radius 1 is 0.571 bits per heavy atom. The van der Waals surface area contributed by atoms with Crippen LogP contribution in [-0.2, 0) is 0 Å². The van der Waals surface area contributed by atoms with E-state index in [1.165, 1.54) is 0 Å². The number of hydrogen-bond acceptors (Lipinski definition) is 4. The third kappa shape index (κ3) is 4.85. The summed E-state index contributed by atoms with van der Waals surface area (Å²) in [4.78, 5) is 10.2. The molecule has 0 saturated carbocycles. The molecule has 1 unspecified atom stereocenters. The standard InChI is InChI=1S/C38H26N4/c39-25-26-10-9-16-32(24-26)27-18-20-29(21-19-27)34-23-22-28-11-7-8-17-33(28)35(34)38-41-36(30-12-3-1-4-13-30)40-37(42-38)31-14-5-2-6-15-31/h1-24,38H,(H,40,41,42). The molecule has 1 aliphatic heterocycles. The zero-order valence-electron chi connectivity index (χ0n) is 22.8. The van der Waals surface area contributed by atoms with E-state index in [0.29, 0.717) is 11.4 Å². The maximum atomic E-state index is 9.35. The second-order valence-electron chi connectivity index (χ2n) is 10.2. The Balaban J connectivity index is 1.38. The maximum Gasteiger partial charge on any atom is 0.159 e. The summed E-state index contributed by atoms with van der Waals surface area (Å²) in [6, 6.07) is 51.7. The van der Waals surface area contributed by atoms with Gasteiger partial charge in [-0.05, 0) is 45.2 Å².